The van der Waals surface area contributed by atoms with Crippen molar-refractivity contribution < 1.29 is 5.11 Å². The normalized spacial score (nSPS) is 18.7. The number of benzene rings is 2. The van der Waals surface area contributed by atoms with E-state index in [9.17, 15) is 5.11 Å². The molecule has 1 aliphatic rings. The maximum absolute atomic E-state index is 10.0. The van der Waals surface area contributed by atoms with E-state index in [1.54, 1.807) is 6.07 Å². The monoisotopic (exact) mass is 225 g/mol. The smallest absolute Gasteiger partial charge is 0.120 e. The Labute approximate surface area is 101 Å². The third-order valence-corrected chi connectivity index (χ3v) is 3.34. The van der Waals surface area contributed by atoms with Crippen molar-refractivity contribution >= 4 is 0 Å². The highest BCUT2D eigenvalue weighted by molar-refractivity contribution is 5.47. The molecule has 2 heteroatoms. The van der Waals surface area contributed by atoms with Crippen molar-refractivity contribution in [3.05, 3.63) is 65.2 Å². The molecule has 2 nitrogen and oxygen atoms in total. The van der Waals surface area contributed by atoms with E-state index < -0.39 is 0 Å². The van der Waals surface area contributed by atoms with Crippen LogP contribution in [0, 0.1) is 0 Å². The topological polar surface area (TPSA) is 32.3 Å². The summed E-state index contributed by atoms with van der Waals surface area (Å²) in [4.78, 5) is 0. The molecular weight excluding hydrogens is 210 g/mol. The van der Waals surface area contributed by atoms with Gasteiger partial charge in [-0.1, -0.05) is 42.5 Å². The SMILES string of the molecule is Oc1cccc2c1C(c1ccccc1)NCC2. The first-order chi connectivity index (χ1) is 8.36. The fourth-order valence-corrected chi connectivity index (χ4v) is 2.53. The van der Waals surface area contributed by atoms with E-state index >= 15 is 0 Å². The second-order valence-corrected chi connectivity index (χ2v) is 4.40. The van der Waals surface area contributed by atoms with E-state index in [2.05, 4.69) is 23.5 Å². The molecule has 0 radical (unpaired) electrons. The molecule has 0 aliphatic carbocycles. The van der Waals surface area contributed by atoms with Crippen molar-refractivity contribution in [2.45, 2.75) is 12.5 Å². The van der Waals surface area contributed by atoms with E-state index in [-0.39, 0.29) is 6.04 Å². The standard InChI is InChI=1S/C15H15NO/c17-13-8-4-7-11-9-10-16-15(14(11)13)12-5-2-1-3-6-12/h1-8,15-17H,9-10H2. The predicted molar refractivity (Wildman–Crippen MR) is 68.1 cm³/mol. The van der Waals surface area contributed by atoms with Gasteiger partial charge in [0.05, 0.1) is 6.04 Å². The summed E-state index contributed by atoms with van der Waals surface area (Å²) in [5, 5.41) is 13.5. The minimum atomic E-state index is 0.112. The van der Waals surface area contributed by atoms with Crippen LogP contribution in [0.15, 0.2) is 48.5 Å². The zero-order chi connectivity index (χ0) is 11.7. The quantitative estimate of drug-likeness (QED) is 0.782. The molecular formula is C15H15NO. The van der Waals surface area contributed by atoms with Gasteiger partial charge in [0.15, 0.2) is 0 Å². The highest BCUT2D eigenvalue weighted by Gasteiger charge is 2.23. The Kier molecular flexibility index (Phi) is 2.57. The third-order valence-electron chi connectivity index (χ3n) is 3.34. The van der Waals surface area contributed by atoms with Crippen LogP contribution in [0.4, 0.5) is 0 Å². The van der Waals surface area contributed by atoms with Gasteiger partial charge in [-0.15, -0.1) is 0 Å². The molecule has 86 valence electrons. The van der Waals surface area contributed by atoms with Gasteiger partial charge in [-0.2, -0.15) is 0 Å². The number of phenols is 1. The van der Waals surface area contributed by atoms with Crippen LogP contribution in [0.3, 0.4) is 0 Å². The molecule has 1 atom stereocenters. The van der Waals surface area contributed by atoms with Gasteiger partial charge >= 0.3 is 0 Å². The summed E-state index contributed by atoms with van der Waals surface area (Å²) in [5.41, 5.74) is 3.48. The van der Waals surface area contributed by atoms with Crippen LogP contribution >= 0.6 is 0 Å². The van der Waals surface area contributed by atoms with E-state index in [1.165, 1.54) is 11.1 Å². The average molecular weight is 225 g/mol. The number of rotatable bonds is 1. The molecule has 0 aromatic heterocycles. The minimum absolute atomic E-state index is 0.112. The molecule has 0 amide bonds. The largest absolute Gasteiger partial charge is 0.508 e. The van der Waals surface area contributed by atoms with Gasteiger partial charge < -0.3 is 10.4 Å². The van der Waals surface area contributed by atoms with Crippen molar-refractivity contribution in [3.8, 4) is 5.75 Å². The van der Waals surface area contributed by atoms with Crippen molar-refractivity contribution in [2.75, 3.05) is 6.54 Å². The van der Waals surface area contributed by atoms with Crippen LogP contribution in [0.1, 0.15) is 22.7 Å². The Hall–Kier alpha value is -1.80. The summed E-state index contributed by atoms with van der Waals surface area (Å²) in [6.45, 7) is 0.954. The summed E-state index contributed by atoms with van der Waals surface area (Å²) >= 11 is 0. The summed E-state index contributed by atoms with van der Waals surface area (Å²) in [6.07, 6.45) is 0.979. The molecule has 2 aromatic carbocycles. The van der Waals surface area contributed by atoms with Gasteiger partial charge in [0.1, 0.15) is 5.75 Å². The number of phenolic OH excluding ortho intramolecular Hbond substituents is 1. The Morgan fingerprint density at radius 1 is 1.00 bits per heavy atom. The Balaban J connectivity index is 2.11. The molecule has 0 fully saturated rings. The fraction of sp³-hybridized carbons (Fsp3) is 0.200. The second-order valence-electron chi connectivity index (χ2n) is 4.40. The molecule has 1 unspecified atom stereocenters. The average Bonchev–Trinajstić information content (AvgIpc) is 2.39. The van der Waals surface area contributed by atoms with Crippen LogP contribution in [0.5, 0.6) is 5.75 Å². The number of hydrogen-bond donors (Lipinski definition) is 2. The van der Waals surface area contributed by atoms with Crippen molar-refractivity contribution in [2.24, 2.45) is 0 Å². The summed E-state index contributed by atoms with van der Waals surface area (Å²) < 4.78 is 0. The first-order valence-corrected chi connectivity index (χ1v) is 5.95. The van der Waals surface area contributed by atoms with E-state index in [0.29, 0.717) is 5.75 Å². The fourth-order valence-electron chi connectivity index (χ4n) is 2.53. The van der Waals surface area contributed by atoms with Crippen molar-refractivity contribution in [3.63, 3.8) is 0 Å². The Morgan fingerprint density at radius 3 is 2.65 bits per heavy atom. The third kappa shape index (κ3) is 1.81. The van der Waals surface area contributed by atoms with Crippen LogP contribution < -0.4 is 5.32 Å². The first kappa shape index (κ1) is 10.4. The Morgan fingerprint density at radius 2 is 1.82 bits per heavy atom. The van der Waals surface area contributed by atoms with Crippen LogP contribution in [0.2, 0.25) is 0 Å². The molecule has 1 aliphatic heterocycles. The van der Waals surface area contributed by atoms with Crippen LogP contribution in [-0.4, -0.2) is 11.7 Å². The summed E-state index contributed by atoms with van der Waals surface area (Å²) in [5.74, 6) is 0.392. The minimum Gasteiger partial charge on any atom is -0.508 e. The summed E-state index contributed by atoms with van der Waals surface area (Å²) in [6, 6.07) is 16.2. The van der Waals surface area contributed by atoms with Crippen LogP contribution in [-0.2, 0) is 6.42 Å². The lowest BCUT2D eigenvalue weighted by Gasteiger charge is -2.28. The van der Waals surface area contributed by atoms with E-state index in [0.717, 1.165) is 18.5 Å². The molecule has 17 heavy (non-hydrogen) atoms. The number of fused-ring (bicyclic) bond motifs is 1. The lowest BCUT2D eigenvalue weighted by Crippen LogP contribution is -2.30. The molecule has 3 rings (SSSR count). The molecule has 2 N–H and O–H groups in total. The second kappa shape index (κ2) is 4.22. The summed E-state index contributed by atoms with van der Waals surface area (Å²) in [7, 11) is 0. The zero-order valence-electron chi connectivity index (χ0n) is 9.56. The molecule has 2 aromatic rings. The molecule has 0 bridgehead atoms. The van der Waals surface area contributed by atoms with Gasteiger partial charge in [0.2, 0.25) is 0 Å². The van der Waals surface area contributed by atoms with Gasteiger partial charge in [-0.05, 0) is 23.6 Å². The molecule has 0 spiro atoms. The van der Waals surface area contributed by atoms with Gasteiger partial charge in [0.25, 0.3) is 0 Å². The highest BCUT2D eigenvalue weighted by Crippen LogP contribution is 2.34. The molecule has 0 saturated heterocycles. The zero-order valence-corrected chi connectivity index (χ0v) is 9.56. The van der Waals surface area contributed by atoms with Crippen molar-refractivity contribution in [1.82, 2.24) is 5.32 Å². The van der Waals surface area contributed by atoms with E-state index in [4.69, 9.17) is 0 Å². The lowest BCUT2D eigenvalue weighted by atomic mass is 9.89. The van der Waals surface area contributed by atoms with Crippen molar-refractivity contribution in [1.29, 1.82) is 0 Å². The maximum atomic E-state index is 10.0. The van der Waals surface area contributed by atoms with Gasteiger partial charge in [-0.25, -0.2) is 0 Å². The maximum Gasteiger partial charge on any atom is 0.120 e. The number of nitrogens with one attached hydrogen (secondary N) is 1. The highest BCUT2D eigenvalue weighted by atomic mass is 16.3. The molecule has 1 heterocycles. The number of aromatic hydroxyl groups is 1. The predicted octanol–water partition coefficient (Wildman–Crippen LogP) is 2.63. The molecule has 0 saturated carbocycles. The lowest BCUT2D eigenvalue weighted by molar-refractivity contribution is 0.448. The number of hydrogen-bond acceptors (Lipinski definition) is 2. The van der Waals surface area contributed by atoms with Crippen LogP contribution in [0.25, 0.3) is 0 Å². The Bertz CT molecular complexity index is 522. The van der Waals surface area contributed by atoms with Gasteiger partial charge in [0, 0.05) is 12.1 Å². The van der Waals surface area contributed by atoms with E-state index in [1.807, 2.05) is 24.3 Å². The van der Waals surface area contributed by atoms with Gasteiger partial charge in [-0.3, -0.25) is 0 Å². The first-order valence-electron chi connectivity index (χ1n) is 5.95.